The van der Waals surface area contributed by atoms with E-state index in [0.29, 0.717) is 18.4 Å². The van der Waals surface area contributed by atoms with Crippen molar-refractivity contribution in [3.05, 3.63) is 35.9 Å². The molecule has 160 valence electrons. The van der Waals surface area contributed by atoms with Crippen LogP contribution in [0.5, 0.6) is 0 Å². The predicted octanol–water partition coefficient (Wildman–Crippen LogP) is 3.97. The van der Waals surface area contributed by atoms with E-state index < -0.39 is 5.60 Å². The number of hydrogen-bond donors (Lipinski definition) is 3. The number of thioether (sulfide) groups is 1. The van der Waals surface area contributed by atoms with Crippen LogP contribution in [-0.2, 0) is 4.74 Å². The van der Waals surface area contributed by atoms with Crippen LogP contribution in [0.25, 0.3) is 0 Å². The van der Waals surface area contributed by atoms with Gasteiger partial charge in [0, 0.05) is 24.9 Å². The van der Waals surface area contributed by atoms with Gasteiger partial charge in [0.1, 0.15) is 0 Å². The molecule has 1 aromatic rings. The Labute approximate surface area is 191 Å². The second-order valence-corrected chi connectivity index (χ2v) is 8.47. The lowest BCUT2D eigenvalue weighted by Gasteiger charge is -2.44. The average molecular weight is 522 g/mol. The Balaban J connectivity index is 0.00000392. The highest BCUT2D eigenvalue weighted by Gasteiger charge is 2.45. The number of benzene rings is 1. The van der Waals surface area contributed by atoms with Crippen molar-refractivity contribution in [3.8, 4) is 0 Å². The molecule has 1 aliphatic carbocycles. The van der Waals surface area contributed by atoms with E-state index in [0.717, 1.165) is 44.1 Å². The van der Waals surface area contributed by atoms with Gasteiger partial charge >= 0.3 is 0 Å². The Morgan fingerprint density at radius 1 is 1.32 bits per heavy atom. The maximum absolute atomic E-state index is 10.7. The van der Waals surface area contributed by atoms with Gasteiger partial charge in [0.15, 0.2) is 5.96 Å². The van der Waals surface area contributed by atoms with Crippen molar-refractivity contribution in [1.82, 2.24) is 10.6 Å². The number of nitrogens with zero attached hydrogens (tertiary/aromatic N) is 1. The average Bonchev–Trinajstić information content (AvgIpc) is 2.69. The van der Waals surface area contributed by atoms with Gasteiger partial charge in [0.25, 0.3) is 0 Å². The summed E-state index contributed by atoms with van der Waals surface area (Å²) in [7, 11) is 0. The summed E-state index contributed by atoms with van der Waals surface area (Å²) < 4.78 is 5.91. The summed E-state index contributed by atoms with van der Waals surface area (Å²) in [5.74, 6) is 1.81. The molecule has 2 rings (SSSR count). The van der Waals surface area contributed by atoms with Crippen LogP contribution in [-0.4, -0.2) is 53.9 Å². The summed E-state index contributed by atoms with van der Waals surface area (Å²) in [5, 5.41) is 17.6. The molecule has 1 saturated carbocycles. The third-order valence-corrected chi connectivity index (χ3v) is 6.32. The molecule has 0 heterocycles. The van der Waals surface area contributed by atoms with Crippen LogP contribution in [0.3, 0.4) is 0 Å². The molecule has 0 aliphatic heterocycles. The van der Waals surface area contributed by atoms with Crippen LogP contribution in [0.2, 0.25) is 0 Å². The Kier molecular flexibility index (Phi) is 12.5. The van der Waals surface area contributed by atoms with Crippen LogP contribution in [0.4, 0.5) is 0 Å². The first kappa shape index (κ1) is 25.5. The molecule has 0 aromatic heterocycles. The van der Waals surface area contributed by atoms with Gasteiger partial charge in [-0.05, 0) is 44.4 Å². The predicted molar refractivity (Wildman–Crippen MR) is 131 cm³/mol. The zero-order valence-electron chi connectivity index (χ0n) is 17.3. The highest BCUT2D eigenvalue weighted by molar-refractivity contribution is 14.0. The molecule has 3 N–H and O–H groups in total. The summed E-state index contributed by atoms with van der Waals surface area (Å²) in [6, 6.07) is 10.3. The summed E-state index contributed by atoms with van der Waals surface area (Å²) in [5.41, 5.74) is 0.561. The van der Waals surface area contributed by atoms with Gasteiger partial charge in [-0.2, -0.15) is 11.8 Å². The van der Waals surface area contributed by atoms with Gasteiger partial charge in [0.05, 0.1) is 18.2 Å². The summed E-state index contributed by atoms with van der Waals surface area (Å²) >= 11 is 1.84. The van der Waals surface area contributed by atoms with Crippen molar-refractivity contribution < 1.29 is 9.84 Å². The molecular weight excluding hydrogens is 485 g/mol. The maximum Gasteiger partial charge on any atom is 0.191 e. The monoisotopic (exact) mass is 521 g/mol. The van der Waals surface area contributed by atoms with Gasteiger partial charge in [-0.3, -0.25) is 4.99 Å². The van der Waals surface area contributed by atoms with E-state index in [2.05, 4.69) is 48.5 Å². The summed E-state index contributed by atoms with van der Waals surface area (Å²) in [6.45, 7) is 9.02. The van der Waals surface area contributed by atoms with Crippen molar-refractivity contribution in [2.45, 2.75) is 57.0 Å². The first-order chi connectivity index (χ1) is 13.1. The van der Waals surface area contributed by atoms with Crippen LogP contribution in [0.15, 0.2) is 35.3 Å². The number of guanidine groups is 1. The minimum absolute atomic E-state index is 0. The third kappa shape index (κ3) is 8.08. The number of aliphatic imine (C=N–C) groups is 1. The van der Waals surface area contributed by atoms with E-state index >= 15 is 0 Å². The largest absolute Gasteiger partial charge is 0.387 e. The smallest absolute Gasteiger partial charge is 0.191 e. The first-order valence-corrected chi connectivity index (χ1v) is 11.2. The van der Waals surface area contributed by atoms with Gasteiger partial charge < -0.3 is 20.5 Å². The zero-order chi connectivity index (χ0) is 19.5. The van der Waals surface area contributed by atoms with Crippen molar-refractivity contribution in [2.24, 2.45) is 4.99 Å². The fourth-order valence-electron chi connectivity index (χ4n) is 3.13. The molecule has 0 radical (unpaired) electrons. The Morgan fingerprint density at radius 3 is 2.68 bits per heavy atom. The van der Waals surface area contributed by atoms with Gasteiger partial charge in [-0.1, -0.05) is 37.3 Å². The minimum atomic E-state index is -0.642. The number of ether oxygens (including phenoxy) is 1. The standard InChI is InChI=1S/C21H35N3O2S.HI/c1-4-22-20(24-16-21(25)13-12-19(21)27-5-2)23-14-9-15-26-17(3)18-10-7-6-8-11-18;/h6-8,10-11,17,19,25H,4-5,9,12-16H2,1-3H3,(H2,22,23,24);1H. The highest BCUT2D eigenvalue weighted by Crippen LogP contribution is 2.41. The number of hydrogen-bond acceptors (Lipinski definition) is 4. The molecule has 3 unspecified atom stereocenters. The third-order valence-electron chi connectivity index (χ3n) is 4.91. The lowest BCUT2D eigenvalue weighted by molar-refractivity contribution is -0.0154. The number of aliphatic hydroxyl groups is 1. The van der Waals surface area contributed by atoms with Crippen LogP contribution in [0.1, 0.15) is 51.7 Å². The second kappa shape index (κ2) is 13.7. The summed E-state index contributed by atoms with van der Waals surface area (Å²) in [6.07, 6.45) is 2.94. The molecule has 0 saturated heterocycles. The topological polar surface area (TPSA) is 65.9 Å². The molecule has 28 heavy (non-hydrogen) atoms. The van der Waals surface area contributed by atoms with Crippen molar-refractivity contribution in [3.63, 3.8) is 0 Å². The van der Waals surface area contributed by atoms with E-state index in [1.807, 2.05) is 30.0 Å². The van der Waals surface area contributed by atoms with Crippen LogP contribution < -0.4 is 10.6 Å². The number of nitrogens with one attached hydrogen (secondary N) is 2. The maximum atomic E-state index is 10.7. The van der Waals surface area contributed by atoms with Gasteiger partial charge in [0.2, 0.25) is 0 Å². The SMILES string of the molecule is CCNC(=NCC1(O)CCC1SCC)NCCCOC(C)c1ccccc1.I. The molecule has 0 spiro atoms. The van der Waals surface area contributed by atoms with E-state index in [4.69, 9.17) is 4.74 Å². The van der Waals surface area contributed by atoms with E-state index in [1.54, 1.807) is 0 Å². The quantitative estimate of drug-likeness (QED) is 0.178. The zero-order valence-corrected chi connectivity index (χ0v) is 20.5. The molecule has 3 atom stereocenters. The number of halogens is 1. The fourth-order valence-corrected chi connectivity index (χ4v) is 4.32. The Morgan fingerprint density at radius 2 is 2.07 bits per heavy atom. The van der Waals surface area contributed by atoms with Crippen molar-refractivity contribution in [2.75, 3.05) is 32.0 Å². The van der Waals surface area contributed by atoms with E-state index in [9.17, 15) is 5.11 Å². The molecule has 5 nitrogen and oxygen atoms in total. The second-order valence-electron chi connectivity index (χ2n) is 6.99. The summed E-state index contributed by atoms with van der Waals surface area (Å²) in [4.78, 5) is 4.61. The van der Waals surface area contributed by atoms with Crippen molar-refractivity contribution >= 4 is 41.7 Å². The Bertz CT molecular complexity index is 576. The Hall–Kier alpha value is -0.510. The van der Waals surface area contributed by atoms with E-state index in [-0.39, 0.29) is 30.1 Å². The fraction of sp³-hybridized carbons (Fsp3) is 0.667. The molecule has 7 heteroatoms. The van der Waals surface area contributed by atoms with Crippen LogP contribution >= 0.6 is 35.7 Å². The molecule has 1 fully saturated rings. The van der Waals surface area contributed by atoms with Gasteiger partial charge in [-0.15, -0.1) is 24.0 Å². The lowest BCUT2D eigenvalue weighted by atomic mass is 9.79. The first-order valence-electron chi connectivity index (χ1n) is 10.1. The molecule has 1 aliphatic rings. The van der Waals surface area contributed by atoms with Crippen LogP contribution in [0, 0.1) is 0 Å². The highest BCUT2D eigenvalue weighted by atomic mass is 127. The molecule has 1 aromatic carbocycles. The molecular formula is C21H36IN3O2S. The van der Waals surface area contributed by atoms with Crippen molar-refractivity contribution in [1.29, 1.82) is 0 Å². The molecule has 0 amide bonds. The normalized spacial score (nSPS) is 22.7. The molecule has 0 bridgehead atoms. The lowest BCUT2D eigenvalue weighted by Crippen LogP contribution is -2.53. The van der Waals surface area contributed by atoms with Gasteiger partial charge in [-0.25, -0.2) is 0 Å². The van der Waals surface area contributed by atoms with E-state index in [1.165, 1.54) is 5.56 Å². The minimum Gasteiger partial charge on any atom is -0.387 e. The number of rotatable bonds is 11.